The zero-order chi connectivity index (χ0) is 22.5. The minimum absolute atomic E-state index is 0.318. The van der Waals surface area contributed by atoms with E-state index >= 15 is 0 Å². The van der Waals surface area contributed by atoms with Gasteiger partial charge in [0.05, 0.1) is 18.5 Å². The summed E-state index contributed by atoms with van der Waals surface area (Å²) in [4.78, 5) is 12.7. The molecular formula is C24H18ClFN4O2. The third-order valence-electron chi connectivity index (χ3n) is 4.59. The molecule has 160 valence electrons. The van der Waals surface area contributed by atoms with Crippen LogP contribution in [-0.2, 0) is 0 Å². The maximum atomic E-state index is 13.4. The SMILES string of the molecule is COc1ccc(Cl)cc1NC(=O)c1cccc(Nc2ccc(-c3cccc(F)c3)nn2)c1. The van der Waals surface area contributed by atoms with Crippen molar-refractivity contribution in [2.24, 2.45) is 0 Å². The summed E-state index contributed by atoms with van der Waals surface area (Å²) in [5.41, 5.74) is 2.75. The Bertz CT molecular complexity index is 1270. The van der Waals surface area contributed by atoms with Gasteiger partial charge in [0, 0.05) is 21.8 Å². The molecule has 0 unspecified atom stereocenters. The zero-order valence-corrected chi connectivity index (χ0v) is 17.7. The van der Waals surface area contributed by atoms with Crippen LogP contribution < -0.4 is 15.4 Å². The van der Waals surface area contributed by atoms with Crippen molar-refractivity contribution in [1.82, 2.24) is 10.2 Å². The summed E-state index contributed by atoms with van der Waals surface area (Å²) in [6, 6.07) is 21.5. The quantitative estimate of drug-likeness (QED) is 0.381. The Hall–Kier alpha value is -3.97. The van der Waals surface area contributed by atoms with Gasteiger partial charge < -0.3 is 15.4 Å². The summed E-state index contributed by atoms with van der Waals surface area (Å²) < 4.78 is 18.7. The molecule has 1 aromatic heterocycles. The molecule has 0 aliphatic rings. The van der Waals surface area contributed by atoms with Crippen LogP contribution in [0.4, 0.5) is 21.6 Å². The Balaban J connectivity index is 1.48. The third kappa shape index (κ3) is 5.01. The summed E-state index contributed by atoms with van der Waals surface area (Å²) in [5, 5.41) is 14.7. The van der Waals surface area contributed by atoms with Crippen molar-refractivity contribution >= 4 is 34.7 Å². The van der Waals surface area contributed by atoms with Gasteiger partial charge in [-0.3, -0.25) is 4.79 Å². The first-order chi connectivity index (χ1) is 15.5. The Labute approximate surface area is 189 Å². The van der Waals surface area contributed by atoms with Gasteiger partial charge in [0.2, 0.25) is 0 Å². The van der Waals surface area contributed by atoms with Crippen molar-refractivity contribution in [2.45, 2.75) is 0 Å². The van der Waals surface area contributed by atoms with Gasteiger partial charge in [0.25, 0.3) is 5.91 Å². The topological polar surface area (TPSA) is 76.1 Å². The van der Waals surface area contributed by atoms with E-state index in [0.717, 1.165) is 0 Å². The molecule has 0 saturated carbocycles. The number of carbonyl (C=O) groups excluding carboxylic acids is 1. The summed E-state index contributed by atoms with van der Waals surface area (Å²) in [6.07, 6.45) is 0. The van der Waals surface area contributed by atoms with Gasteiger partial charge in [-0.15, -0.1) is 10.2 Å². The number of hydrogen-bond donors (Lipinski definition) is 2. The monoisotopic (exact) mass is 448 g/mol. The number of halogens is 2. The number of nitrogens with zero attached hydrogens (tertiary/aromatic N) is 2. The molecule has 0 atom stereocenters. The van der Waals surface area contributed by atoms with E-state index in [4.69, 9.17) is 16.3 Å². The third-order valence-corrected chi connectivity index (χ3v) is 4.83. The van der Waals surface area contributed by atoms with Gasteiger partial charge in [-0.1, -0.05) is 29.8 Å². The lowest BCUT2D eigenvalue weighted by Crippen LogP contribution is -2.13. The van der Waals surface area contributed by atoms with Crippen molar-refractivity contribution in [3.8, 4) is 17.0 Å². The number of rotatable bonds is 6. The second-order valence-corrected chi connectivity index (χ2v) is 7.26. The van der Waals surface area contributed by atoms with Crippen molar-refractivity contribution in [2.75, 3.05) is 17.7 Å². The number of ether oxygens (including phenoxy) is 1. The van der Waals surface area contributed by atoms with Gasteiger partial charge in [-0.25, -0.2) is 4.39 Å². The minimum Gasteiger partial charge on any atom is -0.495 e. The molecule has 32 heavy (non-hydrogen) atoms. The minimum atomic E-state index is -0.336. The van der Waals surface area contributed by atoms with Gasteiger partial charge in [0.1, 0.15) is 11.6 Å². The number of methoxy groups -OCH3 is 1. The molecule has 0 saturated heterocycles. The lowest BCUT2D eigenvalue weighted by molar-refractivity contribution is 0.102. The fraction of sp³-hybridized carbons (Fsp3) is 0.0417. The molecule has 4 aromatic rings. The summed E-state index contributed by atoms with van der Waals surface area (Å²) in [5.74, 6) is 0.337. The molecule has 0 bridgehead atoms. The van der Waals surface area contributed by atoms with Crippen molar-refractivity contribution in [1.29, 1.82) is 0 Å². The standard InChI is InChI=1S/C24H18ClFN4O2/c1-32-22-10-8-17(25)14-21(22)28-24(31)16-5-3-7-19(13-16)27-23-11-9-20(29-30-23)15-4-2-6-18(26)12-15/h2-14H,1H3,(H,27,30)(H,28,31). The average Bonchev–Trinajstić information content (AvgIpc) is 2.80. The van der Waals surface area contributed by atoms with Crippen LogP contribution >= 0.6 is 11.6 Å². The molecule has 0 fully saturated rings. The number of carbonyl (C=O) groups is 1. The van der Waals surface area contributed by atoms with Crippen LogP contribution in [0.25, 0.3) is 11.3 Å². The molecule has 8 heteroatoms. The largest absolute Gasteiger partial charge is 0.495 e. The number of amides is 1. The van der Waals surface area contributed by atoms with E-state index in [1.54, 1.807) is 66.7 Å². The molecule has 0 aliphatic heterocycles. The molecule has 0 aliphatic carbocycles. The highest BCUT2D eigenvalue weighted by atomic mass is 35.5. The molecule has 1 amide bonds. The van der Waals surface area contributed by atoms with Crippen LogP contribution in [0.2, 0.25) is 5.02 Å². The normalized spacial score (nSPS) is 10.5. The van der Waals surface area contributed by atoms with Gasteiger partial charge in [-0.2, -0.15) is 0 Å². The molecule has 4 rings (SSSR count). The van der Waals surface area contributed by atoms with E-state index in [1.165, 1.54) is 19.2 Å². The maximum Gasteiger partial charge on any atom is 0.255 e. The van der Waals surface area contributed by atoms with Crippen LogP contribution in [-0.4, -0.2) is 23.2 Å². The molecule has 0 spiro atoms. The lowest BCUT2D eigenvalue weighted by Gasteiger charge is -2.11. The molecule has 1 heterocycles. The Morgan fingerprint density at radius 1 is 0.969 bits per heavy atom. The molecule has 0 radical (unpaired) electrons. The second kappa shape index (κ2) is 9.45. The van der Waals surface area contributed by atoms with E-state index in [9.17, 15) is 9.18 Å². The number of hydrogen-bond acceptors (Lipinski definition) is 5. The van der Waals surface area contributed by atoms with Crippen LogP contribution in [0.3, 0.4) is 0 Å². The highest BCUT2D eigenvalue weighted by molar-refractivity contribution is 6.31. The fourth-order valence-electron chi connectivity index (χ4n) is 3.06. The first-order valence-corrected chi connectivity index (χ1v) is 10.0. The molecular weight excluding hydrogens is 431 g/mol. The van der Waals surface area contributed by atoms with Crippen molar-refractivity contribution in [3.63, 3.8) is 0 Å². The number of aromatic nitrogens is 2. The van der Waals surface area contributed by atoms with E-state index in [0.29, 0.717) is 44.8 Å². The zero-order valence-electron chi connectivity index (χ0n) is 17.0. The van der Waals surface area contributed by atoms with Gasteiger partial charge in [0.15, 0.2) is 5.82 Å². The number of nitrogens with one attached hydrogen (secondary N) is 2. The van der Waals surface area contributed by atoms with E-state index in [2.05, 4.69) is 20.8 Å². The maximum absolute atomic E-state index is 13.4. The predicted octanol–water partition coefficient (Wildman–Crippen LogP) is 5.94. The van der Waals surface area contributed by atoms with E-state index < -0.39 is 0 Å². The summed E-state index contributed by atoms with van der Waals surface area (Å²) >= 11 is 6.03. The molecule has 3 aromatic carbocycles. The smallest absolute Gasteiger partial charge is 0.255 e. The number of anilines is 3. The molecule has 2 N–H and O–H groups in total. The Morgan fingerprint density at radius 3 is 2.56 bits per heavy atom. The van der Waals surface area contributed by atoms with Crippen molar-refractivity contribution < 1.29 is 13.9 Å². The van der Waals surface area contributed by atoms with Crippen molar-refractivity contribution in [3.05, 3.63) is 95.3 Å². The van der Waals surface area contributed by atoms with Gasteiger partial charge >= 0.3 is 0 Å². The highest BCUT2D eigenvalue weighted by Crippen LogP contribution is 2.28. The summed E-state index contributed by atoms with van der Waals surface area (Å²) in [6.45, 7) is 0. The van der Waals surface area contributed by atoms with Crippen LogP contribution in [0.15, 0.2) is 78.9 Å². The first kappa shape index (κ1) is 21.3. The lowest BCUT2D eigenvalue weighted by atomic mass is 10.1. The van der Waals surface area contributed by atoms with Crippen LogP contribution in [0.1, 0.15) is 10.4 Å². The van der Waals surface area contributed by atoms with Crippen LogP contribution in [0.5, 0.6) is 5.75 Å². The number of benzene rings is 3. The van der Waals surface area contributed by atoms with Crippen LogP contribution in [0, 0.1) is 5.82 Å². The van der Waals surface area contributed by atoms with E-state index in [-0.39, 0.29) is 11.7 Å². The second-order valence-electron chi connectivity index (χ2n) is 6.82. The Morgan fingerprint density at radius 2 is 1.81 bits per heavy atom. The predicted molar refractivity (Wildman–Crippen MR) is 123 cm³/mol. The molecule has 6 nitrogen and oxygen atoms in total. The van der Waals surface area contributed by atoms with Gasteiger partial charge in [-0.05, 0) is 60.7 Å². The first-order valence-electron chi connectivity index (χ1n) is 9.63. The average molecular weight is 449 g/mol. The highest BCUT2D eigenvalue weighted by Gasteiger charge is 2.11. The fourth-order valence-corrected chi connectivity index (χ4v) is 3.23. The Kier molecular flexibility index (Phi) is 6.28. The summed E-state index contributed by atoms with van der Waals surface area (Å²) in [7, 11) is 1.52. The van der Waals surface area contributed by atoms with E-state index in [1.807, 2.05) is 0 Å².